The van der Waals surface area contributed by atoms with Crippen LogP contribution in [-0.2, 0) is 0 Å². The monoisotopic (exact) mass is 317 g/mol. The molecule has 1 aromatic rings. The van der Waals surface area contributed by atoms with E-state index in [1.165, 1.54) is 6.07 Å². The van der Waals surface area contributed by atoms with E-state index in [2.05, 4.69) is 20.7 Å². The van der Waals surface area contributed by atoms with Gasteiger partial charge in [-0.2, -0.15) is 0 Å². The van der Waals surface area contributed by atoms with Crippen LogP contribution in [0.25, 0.3) is 0 Å². The van der Waals surface area contributed by atoms with Crippen LogP contribution >= 0.6 is 27.5 Å². The zero-order valence-electron chi connectivity index (χ0n) is 7.44. The van der Waals surface area contributed by atoms with Crippen LogP contribution in [0.15, 0.2) is 16.6 Å². The molecule has 0 heterocycles. The summed E-state index contributed by atoms with van der Waals surface area (Å²) in [6.07, 6.45) is -4.94. The minimum atomic E-state index is -4.94. The topological polar surface area (TPSA) is 52.3 Å². The largest absolute Gasteiger partial charge is 0.573 e. The van der Waals surface area contributed by atoms with Crippen molar-refractivity contribution >= 4 is 38.5 Å². The molecule has 0 aliphatic rings. The Balaban J connectivity index is 3.30. The molecular formula is C8H4BrClF3NO2. The van der Waals surface area contributed by atoms with Crippen LogP contribution in [0.2, 0.25) is 0 Å². The molecule has 2 N–H and O–H groups in total. The highest BCUT2D eigenvalue weighted by atomic mass is 79.9. The molecule has 0 saturated carbocycles. The molecule has 0 unspecified atom stereocenters. The lowest BCUT2D eigenvalue weighted by atomic mass is 10.2. The SMILES string of the molecule is Nc1cc(Br)cc(C(=O)Cl)c1OC(F)(F)F. The smallest absolute Gasteiger partial charge is 0.403 e. The van der Waals surface area contributed by atoms with E-state index in [-0.39, 0.29) is 5.69 Å². The number of nitrogen functional groups attached to an aromatic ring is 1. The van der Waals surface area contributed by atoms with Gasteiger partial charge in [-0.1, -0.05) is 15.9 Å². The van der Waals surface area contributed by atoms with Gasteiger partial charge in [-0.15, -0.1) is 13.2 Å². The number of ether oxygens (including phenoxy) is 1. The van der Waals surface area contributed by atoms with Crippen LogP contribution in [0, 0.1) is 0 Å². The average Bonchev–Trinajstić information content (AvgIpc) is 2.07. The fourth-order valence-corrected chi connectivity index (χ4v) is 1.61. The van der Waals surface area contributed by atoms with Gasteiger partial charge < -0.3 is 10.5 Å². The minimum Gasteiger partial charge on any atom is -0.403 e. The third-order valence-electron chi connectivity index (χ3n) is 1.51. The third kappa shape index (κ3) is 3.28. The molecular weight excluding hydrogens is 314 g/mol. The molecule has 0 atom stereocenters. The third-order valence-corrected chi connectivity index (χ3v) is 2.17. The van der Waals surface area contributed by atoms with Gasteiger partial charge >= 0.3 is 6.36 Å². The van der Waals surface area contributed by atoms with Crippen LogP contribution in [0.4, 0.5) is 18.9 Å². The van der Waals surface area contributed by atoms with Gasteiger partial charge in [0.05, 0.1) is 11.3 Å². The summed E-state index contributed by atoms with van der Waals surface area (Å²) in [7, 11) is 0. The van der Waals surface area contributed by atoms with Crippen molar-refractivity contribution in [2.24, 2.45) is 0 Å². The fraction of sp³-hybridized carbons (Fsp3) is 0.125. The predicted octanol–water partition coefficient (Wildman–Crippen LogP) is 3.31. The van der Waals surface area contributed by atoms with Crippen molar-refractivity contribution in [2.45, 2.75) is 6.36 Å². The number of anilines is 1. The Kier molecular flexibility index (Phi) is 3.69. The van der Waals surface area contributed by atoms with Crippen LogP contribution in [0.3, 0.4) is 0 Å². The maximum absolute atomic E-state index is 12.0. The highest BCUT2D eigenvalue weighted by molar-refractivity contribution is 9.10. The van der Waals surface area contributed by atoms with E-state index in [9.17, 15) is 18.0 Å². The molecule has 88 valence electrons. The van der Waals surface area contributed by atoms with Crippen molar-refractivity contribution in [3.05, 3.63) is 22.2 Å². The Hall–Kier alpha value is -0.950. The van der Waals surface area contributed by atoms with E-state index in [1.807, 2.05) is 0 Å². The number of hydrogen-bond donors (Lipinski definition) is 1. The van der Waals surface area contributed by atoms with Crippen molar-refractivity contribution in [3.63, 3.8) is 0 Å². The van der Waals surface area contributed by atoms with Crippen molar-refractivity contribution in [2.75, 3.05) is 5.73 Å². The number of hydrogen-bond acceptors (Lipinski definition) is 3. The summed E-state index contributed by atoms with van der Waals surface area (Å²) in [5, 5.41) is -1.09. The molecule has 8 heteroatoms. The van der Waals surface area contributed by atoms with Gasteiger partial charge in [-0.3, -0.25) is 4.79 Å². The van der Waals surface area contributed by atoms with Crippen LogP contribution in [0.5, 0.6) is 5.75 Å². The first-order valence-corrected chi connectivity index (χ1v) is 4.92. The second kappa shape index (κ2) is 4.50. The second-order valence-corrected chi connectivity index (χ2v) is 3.95. The Morgan fingerprint density at radius 1 is 1.44 bits per heavy atom. The number of carbonyl (C=O) groups excluding carboxylic acids is 1. The molecule has 0 spiro atoms. The van der Waals surface area contributed by atoms with Gasteiger partial charge in [0.2, 0.25) is 0 Å². The quantitative estimate of drug-likeness (QED) is 0.672. The zero-order valence-corrected chi connectivity index (χ0v) is 9.78. The highest BCUT2D eigenvalue weighted by Crippen LogP contribution is 2.35. The standard InChI is InChI=1S/C8H4BrClF3NO2/c9-3-1-4(7(10)15)6(5(14)2-3)16-8(11,12)13/h1-2H,14H2. The number of carbonyl (C=O) groups is 1. The van der Waals surface area contributed by atoms with Crippen LogP contribution in [-0.4, -0.2) is 11.6 Å². The van der Waals surface area contributed by atoms with Gasteiger partial charge in [-0.05, 0) is 23.7 Å². The summed E-state index contributed by atoms with van der Waals surface area (Å²) >= 11 is 8.09. The fourth-order valence-electron chi connectivity index (χ4n) is 0.990. The van der Waals surface area contributed by atoms with E-state index < -0.39 is 22.9 Å². The molecule has 1 aromatic carbocycles. The summed E-state index contributed by atoms with van der Waals surface area (Å²) in [6.45, 7) is 0. The molecule has 1 rings (SSSR count). The Morgan fingerprint density at radius 3 is 2.44 bits per heavy atom. The Morgan fingerprint density at radius 2 is 2.00 bits per heavy atom. The molecule has 0 aliphatic heterocycles. The van der Waals surface area contributed by atoms with E-state index in [0.717, 1.165) is 6.07 Å². The van der Waals surface area contributed by atoms with Gasteiger partial charge in [0.25, 0.3) is 5.24 Å². The van der Waals surface area contributed by atoms with Crippen molar-refractivity contribution in [3.8, 4) is 5.75 Å². The number of nitrogens with two attached hydrogens (primary N) is 1. The van der Waals surface area contributed by atoms with Crippen LogP contribution in [0.1, 0.15) is 10.4 Å². The molecule has 3 nitrogen and oxygen atoms in total. The molecule has 0 aliphatic carbocycles. The lowest BCUT2D eigenvalue weighted by molar-refractivity contribution is -0.274. The zero-order chi connectivity index (χ0) is 12.5. The first kappa shape index (κ1) is 13.1. The van der Waals surface area contributed by atoms with Gasteiger partial charge in [-0.25, -0.2) is 0 Å². The van der Waals surface area contributed by atoms with Crippen molar-refractivity contribution in [1.82, 2.24) is 0 Å². The van der Waals surface area contributed by atoms with E-state index >= 15 is 0 Å². The summed E-state index contributed by atoms with van der Waals surface area (Å²) < 4.78 is 40.0. The second-order valence-electron chi connectivity index (χ2n) is 2.69. The molecule has 0 aromatic heterocycles. The lowest BCUT2D eigenvalue weighted by Crippen LogP contribution is -2.19. The average molecular weight is 318 g/mol. The van der Waals surface area contributed by atoms with Gasteiger partial charge in [0, 0.05) is 4.47 Å². The summed E-state index contributed by atoms with van der Waals surface area (Å²) in [5.41, 5.74) is 4.51. The number of halogens is 5. The molecule has 16 heavy (non-hydrogen) atoms. The number of rotatable bonds is 2. The summed E-state index contributed by atoms with van der Waals surface area (Å²) in [4.78, 5) is 10.9. The normalized spacial score (nSPS) is 11.3. The molecule has 0 saturated heterocycles. The molecule has 0 radical (unpaired) electrons. The number of benzene rings is 1. The first-order valence-electron chi connectivity index (χ1n) is 3.75. The minimum absolute atomic E-state index is 0.323. The highest BCUT2D eigenvalue weighted by Gasteiger charge is 2.34. The van der Waals surface area contributed by atoms with Crippen molar-refractivity contribution in [1.29, 1.82) is 0 Å². The Bertz CT molecular complexity index is 436. The Labute approximate surface area is 101 Å². The molecule has 0 bridgehead atoms. The van der Waals surface area contributed by atoms with E-state index in [1.54, 1.807) is 0 Å². The lowest BCUT2D eigenvalue weighted by Gasteiger charge is -2.13. The molecule has 0 fully saturated rings. The maximum Gasteiger partial charge on any atom is 0.573 e. The van der Waals surface area contributed by atoms with Gasteiger partial charge in [0.15, 0.2) is 5.75 Å². The maximum atomic E-state index is 12.0. The first-order chi connectivity index (χ1) is 7.20. The van der Waals surface area contributed by atoms with Crippen molar-refractivity contribution < 1.29 is 22.7 Å². The van der Waals surface area contributed by atoms with E-state index in [0.29, 0.717) is 4.47 Å². The van der Waals surface area contributed by atoms with Crippen LogP contribution < -0.4 is 10.5 Å². The van der Waals surface area contributed by atoms with E-state index in [4.69, 9.17) is 17.3 Å². The molecule has 0 amide bonds. The summed E-state index contributed by atoms with van der Waals surface area (Å²) in [5.74, 6) is -0.796. The van der Waals surface area contributed by atoms with Gasteiger partial charge in [0.1, 0.15) is 0 Å². The number of alkyl halides is 3. The summed E-state index contributed by atoms with van der Waals surface area (Å²) in [6, 6.07) is 2.26. The predicted molar refractivity (Wildman–Crippen MR) is 55.4 cm³/mol.